The first-order chi connectivity index (χ1) is 15.0. The maximum absolute atomic E-state index is 12.6. The second-order valence-electron chi connectivity index (χ2n) is 6.86. The summed E-state index contributed by atoms with van der Waals surface area (Å²) in [5.74, 6) is 0.916. The smallest absolute Gasteiger partial charge is 0.247 e. The van der Waals surface area contributed by atoms with Gasteiger partial charge in [-0.3, -0.25) is 24.4 Å². The molecule has 0 saturated carbocycles. The zero-order chi connectivity index (χ0) is 21.8. The summed E-state index contributed by atoms with van der Waals surface area (Å²) < 4.78 is 6.83. The Balaban J connectivity index is 1.46. The molecule has 0 radical (unpaired) electrons. The Morgan fingerprint density at radius 2 is 1.87 bits per heavy atom. The maximum atomic E-state index is 12.6. The molecule has 0 atom stereocenters. The molecule has 1 N–H and O–H groups in total. The molecule has 4 aromatic rings. The number of carbonyl (C=O) groups excluding carboxylic acids is 1. The monoisotopic (exact) mass is 415 g/mol. The van der Waals surface area contributed by atoms with Crippen molar-refractivity contribution in [1.29, 1.82) is 0 Å². The Morgan fingerprint density at radius 1 is 1.00 bits per heavy atom. The molecule has 0 spiro atoms. The van der Waals surface area contributed by atoms with Crippen molar-refractivity contribution in [2.45, 2.75) is 20.4 Å². The number of nitrogens with one attached hydrogen (secondary N) is 1. The number of methoxy groups -OCH3 is 1. The topological polar surface area (TPSA) is 108 Å². The van der Waals surface area contributed by atoms with Gasteiger partial charge in [0.2, 0.25) is 5.91 Å². The van der Waals surface area contributed by atoms with Crippen molar-refractivity contribution in [2.24, 2.45) is 0 Å². The quantitative estimate of drug-likeness (QED) is 0.516. The van der Waals surface area contributed by atoms with E-state index in [1.807, 2.05) is 32.0 Å². The fourth-order valence-electron chi connectivity index (χ4n) is 3.26. The number of aromatic nitrogens is 6. The molecule has 4 rings (SSSR count). The maximum Gasteiger partial charge on any atom is 0.247 e. The third-order valence-corrected chi connectivity index (χ3v) is 4.79. The lowest BCUT2D eigenvalue weighted by Gasteiger charge is -2.08. The molecule has 1 amide bonds. The van der Waals surface area contributed by atoms with Crippen LogP contribution in [-0.2, 0) is 11.3 Å². The van der Waals surface area contributed by atoms with Crippen molar-refractivity contribution in [3.8, 4) is 28.3 Å². The van der Waals surface area contributed by atoms with E-state index in [9.17, 15) is 4.79 Å². The Labute approximate surface area is 179 Å². The van der Waals surface area contributed by atoms with Gasteiger partial charge in [0.15, 0.2) is 0 Å². The number of amides is 1. The van der Waals surface area contributed by atoms with E-state index >= 15 is 0 Å². The minimum Gasteiger partial charge on any atom is -0.495 e. The summed E-state index contributed by atoms with van der Waals surface area (Å²) in [5.41, 5.74) is 4.88. The Morgan fingerprint density at radius 3 is 2.52 bits per heavy atom. The zero-order valence-corrected chi connectivity index (χ0v) is 17.4. The van der Waals surface area contributed by atoms with Crippen LogP contribution in [0.4, 0.5) is 5.82 Å². The Hall–Kier alpha value is -4.14. The molecule has 0 bridgehead atoms. The summed E-state index contributed by atoms with van der Waals surface area (Å²) in [4.78, 5) is 29.6. The lowest BCUT2D eigenvalue weighted by molar-refractivity contribution is -0.117. The van der Waals surface area contributed by atoms with Gasteiger partial charge in [0.05, 0.1) is 36.6 Å². The number of pyridine rings is 2. The van der Waals surface area contributed by atoms with Gasteiger partial charge in [-0.05, 0) is 38.1 Å². The zero-order valence-electron chi connectivity index (χ0n) is 17.4. The lowest BCUT2D eigenvalue weighted by Crippen LogP contribution is -2.20. The fraction of sp³-hybridized carbons (Fsp3) is 0.182. The molecule has 0 saturated heterocycles. The molecule has 31 heavy (non-hydrogen) atoms. The minimum absolute atomic E-state index is 0.0659. The van der Waals surface area contributed by atoms with Gasteiger partial charge in [-0.2, -0.15) is 5.10 Å². The van der Waals surface area contributed by atoms with Crippen LogP contribution >= 0.6 is 0 Å². The highest BCUT2D eigenvalue weighted by atomic mass is 16.5. The van der Waals surface area contributed by atoms with Gasteiger partial charge < -0.3 is 10.1 Å². The van der Waals surface area contributed by atoms with Crippen LogP contribution in [0.2, 0.25) is 0 Å². The van der Waals surface area contributed by atoms with Crippen molar-refractivity contribution in [3.63, 3.8) is 0 Å². The van der Waals surface area contributed by atoms with E-state index in [-0.39, 0.29) is 12.5 Å². The highest BCUT2D eigenvalue weighted by molar-refractivity contribution is 5.89. The SMILES string of the molecule is COc1ccc(-c2c(C)nn(CC(=O)Nc3ccc(-c4cnccn4)cn3)c2C)nc1. The molecular weight excluding hydrogens is 394 g/mol. The van der Waals surface area contributed by atoms with Crippen LogP contribution in [0.15, 0.2) is 55.2 Å². The van der Waals surface area contributed by atoms with Crippen molar-refractivity contribution >= 4 is 11.7 Å². The molecule has 4 heterocycles. The van der Waals surface area contributed by atoms with Gasteiger partial charge in [0, 0.05) is 35.4 Å². The van der Waals surface area contributed by atoms with Crippen LogP contribution < -0.4 is 10.1 Å². The lowest BCUT2D eigenvalue weighted by atomic mass is 10.1. The van der Waals surface area contributed by atoms with Gasteiger partial charge in [-0.15, -0.1) is 0 Å². The molecule has 9 nitrogen and oxygen atoms in total. The molecule has 0 aliphatic heterocycles. The number of aryl methyl sites for hydroxylation is 1. The average molecular weight is 415 g/mol. The van der Waals surface area contributed by atoms with Crippen LogP contribution in [-0.4, -0.2) is 42.7 Å². The number of anilines is 1. The standard InChI is InChI=1S/C22H21N7O2/c1-14-22(18-6-5-17(31-3)11-25-18)15(2)29(28-14)13-21(30)27-20-7-4-16(10-26-20)19-12-23-8-9-24-19/h4-12H,13H2,1-3H3,(H,26,27,30). The van der Waals surface area contributed by atoms with Crippen molar-refractivity contribution in [3.05, 3.63) is 66.6 Å². The summed E-state index contributed by atoms with van der Waals surface area (Å²) in [5, 5.41) is 7.31. The van der Waals surface area contributed by atoms with E-state index in [1.165, 1.54) is 0 Å². The van der Waals surface area contributed by atoms with E-state index in [4.69, 9.17) is 4.74 Å². The van der Waals surface area contributed by atoms with Crippen LogP contribution in [0, 0.1) is 13.8 Å². The highest BCUT2D eigenvalue weighted by Gasteiger charge is 2.17. The number of ether oxygens (including phenoxy) is 1. The second kappa shape index (κ2) is 8.70. The molecule has 0 aromatic carbocycles. The van der Waals surface area contributed by atoms with Crippen molar-refractivity contribution < 1.29 is 9.53 Å². The van der Waals surface area contributed by atoms with Gasteiger partial charge in [0.25, 0.3) is 0 Å². The van der Waals surface area contributed by atoms with Crippen LogP contribution in [0.3, 0.4) is 0 Å². The Bertz CT molecular complexity index is 1190. The van der Waals surface area contributed by atoms with E-state index in [1.54, 1.807) is 48.8 Å². The number of hydrogen-bond acceptors (Lipinski definition) is 7. The molecule has 0 aliphatic carbocycles. The third kappa shape index (κ3) is 4.40. The first-order valence-corrected chi connectivity index (χ1v) is 9.62. The fourth-order valence-corrected chi connectivity index (χ4v) is 3.26. The second-order valence-corrected chi connectivity index (χ2v) is 6.86. The van der Waals surface area contributed by atoms with E-state index in [0.29, 0.717) is 11.6 Å². The first kappa shape index (κ1) is 20.1. The predicted octanol–water partition coefficient (Wildman–Crippen LogP) is 3.06. The molecule has 0 unspecified atom stereocenters. The molecule has 156 valence electrons. The number of carbonyl (C=O) groups is 1. The Kier molecular flexibility index (Phi) is 5.65. The summed E-state index contributed by atoms with van der Waals surface area (Å²) >= 11 is 0. The molecular formula is C22H21N7O2. The van der Waals surface area contributed by atoms with Gasteiger partial charge >= 0.3 is 0 Å². The normalized spacial score (nSPS) is 10.7. The van der Waals surface area contributed by atoms with Gasteiger partial charge in [0.1, 0.15) is 18.1 Å². The van der Waals surface area contributed by atoms with Gasteiger partial charge in [-0.1, -0.05) is 0 Å². The number of rotatable bonds is 6. The van der Waals surface area contributed by atoms with Crippen LogP contribution in [0.5, 0.6) is 5.75 Å². The van der Waals surface area contributed by atoms with E-state index in [0.717, 1.165) is 33.9 Å². The largest absolute Gasteiger partial charge is 0.495 e. The number of hydrogen-bond donors (Lipinski definition) is 1. The highest BCUT2D eigenvalue weighted by Crippen LogP contribution is 2.26. The minimum atomic E-state index is -0.223. The molecule has 4 aromatic heterocycles. The predicted molar refractivity (Wildman–Crippen MR) is 115 cm³/mol. The summed E-state index contributed by atoms with van der Waals surface area (Å²) in [7, 11) is 1.60. The van der Waals surface area contributed by atoms with Crippen LogP contribution in [0.25, 0.3) is 22.5 Å². The summed E-state index contributed by atoms with van der Waals surface area (Å²) in [6, 6.07) is 7.30. The molecule has 9 heteroatoms. The first-order valence-electron chi connectivity index (χ1n) is 9.62. The van der Waals surface area contributed by atoms with Crippen molar-refractivity contribution in [1.82, 2.24) is 29.7 Å². The molecule has 0 aliphatic rings. The third-order valence-electron chi connectivity index (χ3n) is 4.79. The summed E-state index contributed by atoms with van der Waals surface area (Å²) in [6.45, 7) is 3.88. The molecule has 0 fully saturated rings. The number of nitrogens with zero attached hydrogens (tertiary/aromatic N) is 6. The van der Waals surface area contributed by atoms with E-state index in [2.05, 4.69) is 30.4 Å². The average Bonchev–Trinajstić information content (AvgIpc) is 3.07. The van der Waals surface area contributed by atoms with Crippen molar-refractivity contribution in [2.75, 3.05) is 12.4 Å². The summed E-state index contributed by atoms with van der Waals surface area (Å²) in [6.07, 6.45) is 8.20. The van der Waals surface area contributed by atoms with Gasteiger partial charge in [-0.25, -0.2) is 4.98 Å². The van der Waals surface area contributed by atoms with Crippen LogP contribution in [0.1, 0.15) is 11.4 Å². The van der Waals surface area contributed by atoms with E-state index < -0.39 is 0 Å².